The van der Waals surface area contributed by atoms with E-state index in [1.165, 1.54) is 5.56 Å². The third kappa shape index (κ3) is 2.70. The summed E-state index contributed by atoms with van der Waals surface area (Å²) >= 11 is 0. The van der Waals surface area contributed by atoms with Crippen LogP contribution in [-0.4, -0.2) is 25.1 Å². The van der Waals surface area contributed by atoms with Gasteiger partial charge in [-0.1, -0.05) is 13.8 Å². The summed E-state index contributed by atoms with van der Waals surface area (Å²) in [6.07, 6.45) is 1.86. The Balaban J connectivity index is 2.82. The number of likely N-dealkylation sites (N-methyl/N-ethyl adjacent to an activating group) is 1. The second-order valence-corrected chi connectivity index (χ2v) is 3.81. The minimum atomic E-state index is 0.544. The van der Waals surface area contributed by atoms with Crippen molar-refractivity contribution < 1.29 is 0 Å². The molecule has 1 heterocycles. The molecule has 0 spiro atoms. The Kier molecular flexibility index (Phi) is 3.89. The van der Waals surface area contributed by atoms with E-state index in [1.807, 2.05) is 13.2 Å². The van der Waals surface area contributed by atoms with Crippen LogP contribution in [0.2, 0.25) is 0 Å². The monoisotopic (exact) mass is 193 g/mol. The molecule has 0 aliphatic heterocycles. The van der Waals surface area contributed by atoms with E-state index in [4.69, 9.17) is 5.73 Å². The van der Waals surface area contributed by atoms with E-state index in [0.29, 0.717) is 12.5 Å². The first-order chi connectivity index (χ1) is 6.65. The minimum absolute atomic E-state index is 0.544. The fourth-order valence-electron chi connectivity index (χ4n) is 1.31. The van der Waals surface area contributed by atoms with Crippen LogP contribution in [0.5, 0.6) is 0 Å². The van der Waals surface area contributed by atoms with Gasteiger partial charge in [-0.25, -0.2) is 4.98 Å². The normalized spacial score (nSPS) is 10.6. The SMILES string of the molecule is CC(C)c1ccnc(N(C)CCN)c1. The van der Waals surface area contributed by atoms with Crippen LogP contribution in [0.3, 0.4) is 0 Å². The average Bonchev–Trinajstić information content (AvgIpc) is 2.18. The Morgan fingerprint density at radius 3 is 2.79 bits per heavy atom. The van der Waals surface area contributed by atoms with Crippen molar-refractivity contribution in [3.05, 3.63) is 23.9 Å². The topological polar surface area (TPSA) is 42.2 Å². The Hall–Kier alpha value is -1.09. The molecule has 1 aromatic heterocycles. The number of rotatable bonds is 4. The van der Waals surface area contributed by atoms with Crippen molar-refractivity contribution in [3.8, 4) is 0 Å². The molecule has 0 aliphatic rings. The molecule has 0 aromatic carbocycles. The maximum absolute atomic E-state index is 5.50. The number of nitrogens with two attached hydrogens (primary N) is 1. The van der Waals surface area contributed by atoms with Crippen molar-refractivity contribution in [3.63, 3.8) is 0 Å². The fourth-order valence-corrected chi connectivity index (χ4v) is 1.31. The highest BCUT2D eigenvalue weighted by atomic mass is 15.2. The van der Waals surface area contributed by atoms with Gasteiger partial charge >= 0.3 is 0 Å². The van der Waals surface area contributed by atoms with Gasteiger partial charge in [0.15, 0.2) is 0 Å². The average molecular weight is 193 g/mol. The van der Waals surface area contributed by atoms with Crippen LogP contribution in [-0.2, 0) is 0 Å². The molecule has 0 saturated heterocycles. The predicted octanol–water partition coefficient (Wildman–Crippen LogP) is 1.60. The Morgan fingerprint density at radius 2 is 2.21 bits per heavy atom. The van der Waals surface area contributed by atoms with Gasteiger partial charge < -0.3 is 10.6 Å². The number of aromatic nitrogens is 1. The molecule has 0 fully saturated rings. The molecule has 0 amide bonds. The molecule has 0 atom stereocenters. The first-order valence-electron chi connectivity index (χ1n) is 5.02. The highest BCUT2D eigenvalue weighted by Gasteiger charge is 2.04. The molecule has 3 nitrogen and oxygen atoms in total. The summed E-state index contributed by atoms with van der Waals surface area (Å²) in [7, 11) is 2.01. The summed E-state index contributed by atoms with van der Waals surface area (Å²) in [5.41, 5.74) is 6.81. The van der Waals surface area contributed by atoms with Crippen molar-refractivity contribution in [2.24, 2.45) is 5.73 Å². The molecule has 78 valence electrons. The Labute approximate surface area is 85.9 Å². The zero-order valence-corrected chi connectivity index (χ0v) is 9.20. The van der Waals surface area contributed by atoms with Gasteiger partial charge in [-0.3, -0.25) is 0 Å². The summed E-state index contributed by atoms with van der Waals surface area (Å²) in [5, 5.41) is 0. The number of hydrogen-bond acceptors (Lipinski definition) is 3. The van der Waals surface area contributed by atoms with E-state index < -0.39 is 0 Å². The Bertz CT molecular complexity index is 284. The van der Waals surface area contributed by atoms with E-state index in [1.54, 1.807) is 0 Å². The second kappa shape index (κ2) is 4.96. The maximum Gasteiger partial charge on any atom is 0.128 e. The van der Waals surface area contributed by atoms with Crippen molar-refractivity contribution >= 4 is 5.82 Å². The molecule has 0 saturated carbocycles. The van der Waals surface area contributed by atoms with Crippen molar-refractivity contribution in [2.75, 3.05) is 25.0 Å². The molecule has 14 heavy (non-hydrogen) atoms. The summed E-state index contributed by atoms with van der Waals surface area (Å²) in [5.74, 6) is 1.55. The smallest absolute Gasteiger partial charge is 0.128 e. The van der Waals surface area contributed by atoms with Gasteiger partial charge in [0.2, 0.25) is 0 Å². The first-order valence-corrected chi connectivity index (χ1v) is 5.02. The van der Waals surface area contributed by atoms with Crippen LogP contribution in [0, 0.1) is 0 Å². The zero-order chi connectivity index (χ0) is 10.6. The van der Waals surface area contributed by atoms with E-state index in [9.17, 15) is 0 Å². The lowest BCUT2D eigenvalue weighted by Gasteiger charge is -2.18. The van der Waals surface area contributed by atoms with Crippen LogP contribution in [0.25, 0.3) is 0 Å². The lowest BCUT2D eigenvalue weighted by molar-refractivity contribution is 0.841. The molecular formula is C11H19N3. The summed E-state index contributed by atoms with van der Waals surface area (Å²) < 4.78 is 0. The molecular weight excluding hydrogens is 174 g/mol. The minimum Gasteiger partial charge on any atom is -0.358 e. The zero-order valence-electron chi connectivity index (χ0n) is 9.20. The largest absolute Gasteiger partial charge is 0.358 e. The molecule has 0 aliphatic carbocycles. The van der Waals surface area contributed by atoms with Gasteiger partial charge in [0, 0.05) is 26.3 Å². The van der Waals surface area contributed by atoms with Gasteiger partial charge in [0.05, 0.1) is 0 Å². The molecule has 3 heteroatoms. The third-order valence-corrected chi connectivity index (χ3v) is 2.29. The van der Waals surface area contributed by atoms with E-state index in [0.717, 1.165) is 12.4 Å². The van der Waals surface area contributed by atoms with Crippen LogP contribution < -0.4 is 10.6 Å². The van der Waals surface area contributed by atoms with Crippen LogP contribution in [0.4, 0.5) is 5.82 Å². The quantitative estimate of drug-likeness (QED) is 0.789. The number of nitrogens with zero attached hydrogens (tertiary/aromatic N) is 2. The number of anilines is 1. The third-order valence-electron chi connectivity index (χ3n) is 2.29. The van der Waals surface area contributed by atoms with Gasteiger partial charge in [-0.15, -0.1) is 0 Å². The second-order valence-electron chi connectivity index (χ2n) is 3.81. The molecule has 0 unspecified atom stereocenters. The molecule has 0 radical (unpaired) electrons. The predicted molar refractivity (Wildman–Crippen MR) is 60.7 cm³/mol. The summed E-state index contributed by atoms with van der Waals surface area (Å²) in [6, 6.07) is 4.19. The van der Waals surface area contributed by atoms with Crippen LogP contribution >= 0.6 is 0 Å². The lowest BCUT2D eigenvalue weighted by atomic mass is 10.1. The highest BCUT2D eigenvalue weighted by molar-refractivity contribution is 5.40. The van der Waals surface area contributed by atoms with Gasteiger partial charge in [-0.05, 0) is 23.6 Å². The molecule has 1 aromatic rings. The van der Waals surface area contributed by atoms with E-state index in [2.05, 4.69) is 35.9 Å². The highest BCUT2D eigenvalue weighted by Crippen LogP contribution is 2.17. The van der Waals surface area contributed by atoms with Crippen LogP contribution in [0.15, 0.2) is 18.3 Å². The Morgan fingerprint density at radius 1 is 1.50 bits per heavy atom. The van der Waals surface area contributed by atoms with Gasteiger partial charge in [0.1, 0.15) is 5.82 Å². The van der Waals surface area contributed by atoms with Crippen LogP contribution in [0.1, 0.15) is 25.3 Å². The molecule has 0 bridgehead atoms. The van der Waals surface area contributed by atoms with Crippen molar-refractivity contribution in [1.29, 1.82) is 0 Å². The fraction of sp³-hybridized carbons (Fsp3) is 0.545. The maximum atomic E-state index is 5.50. The lowest BCUT2D eigenvalue weighted by Crippen LogP contribution is -2.25. The van der Waals surface area contributed by atoms with Crippen molar-refractivity contribution in [1.82, 2.24) is 4.98 Å². The van der Waals surface area contributed by atoms with E-state index >= 15 is 0 Å². The molecule has 2 N–H and O–H groups in total. The standard InChI is InChI=1S/C11H19N3/c1-9(2)10-4-6-13-11(8-10)14(3)7-5-12/h4,6,8-9H,5,7,12H2,1-3H3. The van der Waals surface area contributed by atoms with Crippen molar-refractivity contribution in [2.45, 2.75) is 19.8 Å². The number of hydrogen-bond donors (Lipinski definition) is 1. The van der Waals surface area contributed by atoms with E-state index in [-0.39, 0.29) is 0 Å². The first kappa shape index (κ1) is 11.0. The number of pyridine rings is 1. The summed E-state index contributed by atoms with van der Waals surface area (Å²) in [6.45, 7) is 5.86. The van der Waals surface area contributed by atoms with Gasteiger partial charge in [-0.2, -0.15) is 0 Å². The summed E-state index contributed by atoms with van der Waals surface area (Å²) in [4.78, 5) is 6.39. The van der Waals surface area contributed by atoms with Gasteiger partial charge in [0.25, 0.3) is 0 Å². The molecule has 1 rings (SSSR count).